The van der Waals surface area contributed by atoms with Crippen LogP contribution in [0.3, 0.4) is 0 Å². The zero-order valence-electron chi connectivity index (χ0n) is 12.6. The van der Waals surface area contributed by atoms with Crippen molar-refractivity contribution >= 4 is 0 Å². The Labute approximate surface area is 132 Å². The van der Waals surface area contributed by atoms with Gasteiger partial charge in [0.25, 0.3) is 0 Å². The Morgan fingerprint density at radius 2 is 1.65 bits per heavy atom. The van der Waals surface area contributed by atoms with E-state index in [9.17, 15) is 22.0 Å². The third kappa shape index (κ3) is 5.22. The largest absolute Gasteiger partial charge is 0.573 e. The average Bonchev–Trinajstić information content (AvgIpc) is 2.48. The highest BCUT2D eigenvalue weighted by Crippen LogP contribution is 2.33. The number of benzene rings is 1. The second kappa shape index (κ2) is 7.32. The second-order valence-corrected chi connectivity index (χ2v) is 5.99. The molecule has 0 saturated heterocycles. The van der Waals surface area contributed by atoms with E-state index in [1.165, 1.54) is 0 Å². The standard InChI is InChI=1S/C17H19F5O/c1-2-11-3-5-12(6-4-11)7-8-13-9-14(18)16(15(19)10-13)23-17(20,21)22/h2,9-12H,1,3-8H2/t11-,12-. The van der Waals surface area contributed by atoms with Gasteiger partial charge < -0.3 is 4.74 Å². The molecular weight excluding hydrogens is 315 g/mol. The van der Waals surface area contributed by atoms with Crippen molar-refractivity contribution in [3.8, 4) is 5.75 Å². The first kappa shape index (κ1) is 17.8. The SMILES string of the molecule is C=C[C@H]1CC[C@H](CCc2cc(F)c(OC(F)(F)F)c(F)c2)CC1. The first-order chi connectivity index (χ1) is 10.8. The molecule has 0 bridgehead atoms. The van der Waals surface area contributed by atoms with E-state index in [1.807, 2.05) is 6.08 Å². The number of halogens is 5. The predicted octanol–water partition coefficient (Wildman–Crippen LogP) is 5.79. The van der Waals surface area contributed by atoms with Crippen molar-refractivity contribution in [2.75, 3.05) is 0 Å². The van der Waals surface area contributed by atoms with Crippen molar-refractivity contribution in [2.24, 2.45) is 11.8 Å². The van der Waals surface area contributed by atoms with E-state index in [0.29, 0.717) is 23.8 Å². The molecule has 6 heteroatoms. The summed E-state index contributed by atoms with van der Waals surface area (Å²) in [4.78, 5) is 0. The van der Waals surface area contributed by atoms with Gasteiger partial charge in [0.2, 0.25) is 5.75 Å². The number of rotatable bonds is 5. The summed E-state index contributed by atoms with van der Waals surface area (Å²) >= 11 is 0. The molecule has 1 aliphatic rings. The Bertz CT molecular complexity index is 521. The fourth-order valence-corrected chi connectivity index (χ4v) is 3.05. The van der Waals surface area contributed by atoms with Crippen LogP contribution in [0.1, 0.15) is 37.7 Å². The van der Waals surface area contributed by atoms with E-state index in [-0.39, 0.29) is 0 Å². The molecule has 0 aromatic heterocycles. The molecule has 0 heterocycles. The highest BCUT2D eigenvalue weighted by Gasteiger charge is 2.34. The average molecular weight is 334 g/mol. The van der Waals surface area contributed by atoms with Gasteiger partial charge in [-0.2, -0.15) is 0 Å². The minimum absolute atomic E-state index is 0.348. The van der Waals surface area contributed by atoms with E-state index in [2.05, 4.69) is 11.3 Å². The van der Waals surface area contributed by atoms with E-state index >= 15 is 0 Å². The van der Waals surface area contributed by atoms with Gasteiger partial charge in [-0.1, -0.05) is 6.08 Å². The monoisotopic (exact) mass is 334 g/mol. The summed E-state index contributed by atoms with van der Waals surface area (Å²) in [7, 11) is 0. The van der Waals surface area contributed by atoms with Gasteiger partial charge in [0.15, 0.2) is 11.6 Å². The van der Waals surface area contributed by atoms with Crippen LogP contribution in [0.2, 0.25) is 0 Å². The van der Waals surface area contributed by atoms with Crippen LogP contribution in [0.15, 0.2) is 24.8 Å². The quantitative estimate of drug-likeness (QED) is 0.489. The molecule has 0 spiro atoms. The normalized spacial score (nSPS) is 22.0. The fraction of sp³-hybridized carbons (Fsp3) is 0.529. The van der Waals surface area contributed by atoms with Gasteiger partial charge in [-0.05, 0) is 68.1 Å². The summed E-state index contributed by atoms with van der Waals surface area (Å²) in [5.74, 6) is -3.03. The lowest BCUT2D eigenvalue weighted by Crippen LogP contribution is -2.19. The number of aryl methyl sites for hydroxylation is 1. The van der Waals surface area contributed by atoms with Gasteiger partial charge in [-0.25, -0.2) is 8.78 Å². The van der Waals surface area contributed by atoms with Gasteiger partial charge in [-0.15, -0.1) is 19.8 Å². The third-order valence-corrected chi connectivity index (χ3v) is 4.34. The van der Waals surface area contributed by atoms with Gasteiger partial charge >= 0.3 is 6.36 Å². The number of allylic oxidation sites excluding steroid dienone is 1. The van der Waals surface area contributed by atoms with Crippen molar-refractivity contribution < 1.29 is 26.7 Å². The third-order valence-electron chi connectivity index (χ3n) is 4.34. The summed E-state index contributed by atoms with van der Waals surface area (Å²) in [5, 5.41) is 0. The van der Waals surface area contributed by atoms with Crippen LogP contribution in [-0.2, 0) is 6.42 Å². The zero-order valence-corrected chi connectivity index (χ0v) is 12.6. The minimum atomic E-state index is -5.12. The van der Waals surface area contributed by atoms with Crippen molar-refractivity contribution in [3.05, 3.63) is 42.0 Å². The summed E-state index contributed by atoms with van der Waals surface area (Å²) in [6.45, 7) is 3.78. The van der Waals surface area contributed by atoms with Crippen molar-refractivity contribution in [1.29, 1.82) is 0 Å². The van der Waals surface area contributed by atoms with Gasteiger partial charge in [0.1, 0.15) is 0 Å². The second-order valence-electron chi connectivity index (χ2n) is 5.99. The molecule has 1 aromatic rings. The minimum Gasteiger partial charge on any atom is -0.399 e. The maximum Gasteiger partial charge on any atom is 0.573 e. The molecule has 1 aromatic carbocycles. The van der Waals surface area contributed by atoms with Gasteiger partial charge in [-0.3, -0.25) is 0 Å². The van der Waals surface area contributed by atoms with Crippen LogP contribution < -0.4 is 4.74 Å². The van der Waals surface area contributed by atoms with Crippen LogP contribution in [0.5, 0.6) is 5.75 Å². The zero-order chi connectivity index (χ0) is 17.0. The number of ether oxygens (including phenoxy) is 1. The highest BCUT2D eigenvalue weighted by molar-refractivity contribution is 5.31. The van der Waals surface area contributed by atoms with E-state index in [1.54, 1.807) is 0 Å². The summed E-state index contributed by atoms with van der Waals surface area (Å²) < 4.78 is 66.9. The molecule has 0 atom stereocenters. The lowest BCUT2D eigenvalue weighted by Gasteiger charge is -2.26. The molecule has 0 radical (unpaired) electrons. The molecule has 0 aliphatic heterocycles. The molecule has 0 N–H and O–H groups in total. The highest BCUT2D eigenvalue weighted by atomic mass is 19.4. The molecule has 128 valence electrons. The van der Waals surface area contributed by atoms with E-state index < -0.39 is 23.7 Å². The van der Waals surface area contributed by atoms with E-state index in [4.69, 9.17) is 0 Å². The Morgan fingerprint density at radius 1 is 1.09 bits per heavy atom. The molecule has 0 amide bonds. The lowest BCUT2D eigenvalue weighted by molar-refractivity contribution is -0.276. The lowest BCUT2D eigenvalue weighted by atomic mass is 9.79. The molecular formula is C17H19F5O. The molecule has 1 fully saturated rings. The topological polar surface area (TPSA) is 9.23 Å². The van der Waals surface area contributed by atoms with Gasteiger partial charge in [0, 0.05) is 0 Å². The molecule has 1 nitrogen and oxygen atoms in total. The molecule has 23 heavy (non-hydrogen) atoms. The molecule has 1 saturated carbocycles. The van der Waals surface area contributed by atoms with Crippen LogP contribution in [0, 0.1) is 23.5 Å². The first-order valence-electron chi connectivity index (χ1n) is 7.64. The molecule has 2 rings (SSSR count). The van der Waals surface area contributed by atoms with Crippen molar-refractivity contribution in [2.45, 2.75) is 44.9 Å². The molecule has 1 aliphatic carbocycles. The summed E-state index contributed by atoms with van der Waals surface area (Å²) in [6.07, 6.45) is 2.25. The Balaban J connectivity index is 1.95. The van der Waals surface area contributed by atoms with E-state index in [0.717, 1.165) is 44.2 Å². The van der Waals surface area contributed by atoms with Crippen molar-refractivity contribution in [3.63, 3.8) is 0 Å². The first-order valence-corrected chi connectivity index (χ1v) is 7.64. The summed E-state index contributed by atoms with van der Waals surface area (Å²) in [5.41, 5.74) is 0.348. The van der Waals surface area contributed by atoms with Gasteiger partial charge in [0.05, 0.1) is 0 Å². The summed E-state index contributed by atoms with van der Waals surface area (Å²) in [6, 6.07) is 1.83. The van der Waals surface area contributed by atoms with Crippen LogP contribution >= 0.6 is 0 Å². The van der Waals surface area contributed by atoms with Crippen LogP contribution in [-0.4, -0.2) is 6.36 Å². The van der Waals surface area contributed by atoms with Crippen LogP contribution in [0.25, 0.3) is 0 Å². The fourth-order valence-electron chi connectivity index (χ4n) is 3.05. The maximum absolute atomic E-state index is 13.6. The Morgan fingerprint density at radius 3 is 2.13 bits per heavy atom. The smallest absolute Gasteiger partial charge is 0.399 e. The number of alkyl halides is 3. The van der Waals surface area contributed by atoms with Crippen molar-refractivity contribution in [1.82, 2.24) is 0 Å². The Kier molecular flexibility index (Phi) is 5.65. The predicted molar refractivity (Wildman–Crippen MR) is 77.0 cm³/mol. The number of hydrogen-bond acceptors (Lipinski definition) is 1. The number of hydrogen-bond donors (Lipinski definition) is 0. The maximum atomic E-state index is 13.6. The Hall–Kier alpha value is -1.59. The van der Waals surface area contributed by atoms with Crippen LogP contribution in [0.4, 0.5) is 22.0 Å². The molecule has 0 unspecified atom stereocenters.